The van der Waals surface area contributed by atoms with Crippen molar-refractivity contribution in [1.29, 1.82) is 0 Å². The van der Waals surface area contributed by atoms with Crippen LogP contribution in [0.3, 0.4) is 0 Å². The van der Waals surface area contributed by atoms with Gasteiger partial charge in [-0.05, 0) is 18.8 Å². The molecule has 2 aliphatic heterocycles. The van der Waals surface area contributed by atoms with E-state index >= 15 is 0 Å². The molecule has 2 unspecified atom stereocenters. The first-order valence-corrected chi connectivity index (χ1v) is 6.11. The van der Waals surface area contributed by atoms with Gasteiger partial charge in [-0.3, -0.25) is 9.59 Å². The fraction of sp³-hybridized carbons (Fsp3) is 0.833. The van der Waals surface area contributed by atoms with E-state index in [0.717, 1.165) is 12.8 Å². The minimum atomic E-state index is -0.293. The third-order valence-corrected chi connectivity index (χ3v) is 3.63. The number of carbonyl (C=O) groups excluding carboxylic acids is 2. The summed E-state index contributed by atoms with van der Waals surface area (Å²) in [5.74, 6) is -0.223. The fourth-order valence-corrected chi connectivity index (χ4v) is 2.58. The summed E-state index contributed by atoms with van der Waals surface area (Å²) in [7, 11) is 1.39. The molecule has 17 heavy (non-hydrogen) atoms. The molecule has 0 aliphatic carbocycles. The van der Waals surface area contributed by atoms with Crippen molar-refractivity contribution in [3.8, 4) is 0 Å². The smallest absolute Gasteiger partial charge is 0.310 e. The van der Waals surface area contributed by atoms with Gasteiger partial charge in [-0.2, -0.15) is 0 Å². The summed E-state index contributed by atoms with van der Waals surface area (Å²) in [5.41, 5.74) is 0. The Labute approximate surface area is 101 Å². The Balaban J connectivity index is 1.95. The molecule has 0 saturated carbocycles. The monoisotopic (exact) mass is 241 g/mol. The van der Waals surface area contributed by atoms with Crippen LogP contribution >= 0.6 is 0 Å². The molecular formula is C12H19NO4. The van der Waals surface area contributed by atoms with Crippen molar-refractivity contribution < 1.29 is 19.1 Å². The van der Waals surface area contributed by atoms with Gasteiger partial charge in [0, 0.05) is 19.7 Å². The maximum atomic E-state index is 12.1. The molecule has 1 amide bonds. The lowest BCUT2D eigenvalue weighted by Gasteiger charge is -2.19. The second kappa shape index (κ2) is 5.04. The molecule has 2 aliphatic rings. The molecule has 0 radical (unpaired) electrons. The summed E-state index contributed by atoms with van der Waals surface area (Å²) in [5, 5.41) is 0. The summed E-state index contributed by atoms with van der Waals surface area (Å²) in [6, 6.07) is 0. The molecular weight excluding hydrogens is 222 g/mol. The van der Waals surface area contributed by atoms with E-state index in [9.17, 15) is 9.59 Å². The van der Waals surface area contributed by atoms with E-state index < -0.39 is 0 Å². The summed E-state index contributed by atoms with van der Waals surface area (Å²) in [4.78, 5) is 25.4. The number of methoxy groups -OCH3 is 1. The number of rotatable bonds is 2. The molecule has 5 nitrogen and oxygen atoms in total. The van der Waals surface area contributed by atoms with Gasteiger partial charge in [0.15, 0.2) is 0 Å². The molecule has 2 fully saturated rings. The number of amides is 1. The van der Waals surface area contributed by atoms with E-state index in [1.54, 1.807) is 4.90 Å². The number of hydrogen-bond donors (Lipinski definition) is 0. The van der Waals surface area contributed by atoms with Crippen LogP contribution in [-0.2, 0) is 19.1 Å². The van der Waals surface area contributed by atoms with Crippen LogP contribution in [0.5, 0.6) is 0 Å². The van der Waals surface area contributed by atoms with Crippen LogP contribution < -0.4 is 0 Å². The fourth-order valence-electron chi connectivity index (χ4n) is 2.58. The zero-order chi connectivity index (χ0) is 12.4. The molecule has 0 aromatic carbocycles. The minimum absolute atomic E-state index is 0.0285. The highest BCUT2D eigenvalue weighted by Crippen LogP contribution is 2.26. The predicted octanol–water partition coefficient (Wildman–Crippen LogP) is 0.433. The SMILES string of the molecule is COC(=O)C1CN(C(=O)[C@@H]2CCCO2)CC1C. The second-order valence-corrected chi connectivity index (χ2v) is 4.85. The first-order valence-electron chi connectivity index (χ1n) is 6.11. The minimum Gasteiger partial charge on any atom is -0.469 e. The molecule has 0 N–H and O–H groups in total. The molecule has 96 valence electrons. The summed E-state index contributed by atoms with van der Waals surface area (Å²) in [6.07, 6.45) is 1.45. The van der Waals surface area contributed by atoms with Gasteiger partial charge in [0.25, 0.3) is 5.91 Å². The van der Waals surface area contributed by atoms with Crippen LogP contribution in [0, 0.1) is 11.8 Å². The highest BCUT2D eigenvalue weighted by Gasteiger charge is 2.40. The average Bonchev–Trinajstić information content (AvgIpc) is 2.96. The van der Waals surface area contributed by atoms with Crippen molar-refractivity contribution >= 4 is 11.9 Å². The van der Waals surface area contributed by atoms with Gasteiger partial charge in [0.1, 0.15) is 6.10 Å². The van der Waals surface area contributed by atoms with E-state index in [1.165, 1.54) is 7.11 Å². The van der Waals surface area contributed by atoms with E-state index in [1.807, 2.05) is 6.92 Å². The maximum Gasteiger partial charge on any atom is 0.310 e. The Bertz CT molecular complexity index is 312. The zero-order valence-corrected chi connectivity index (χ0v) is 10.3. The van der Waals surface area contributed by atoms with Crippen LogP contribution in [0.1, 0.15) is 19.8 Å². The summed E-state index contributed by atoms with van der Waals surface area (Å²) >= 11 is 0. The molecule has 3 atom stereocenters. The van der Waals surface area contributed by atoms with Gasteiger partial charge in [-0.15, -0.1) is 0 Å². The topological polar surface area (TPSA) is 55.8 Å². The molecule has 2 heterocycles. The summed E-state index contributed by atoms with van der Waals surface area (Å²) in [6.45, 7) is 3.73. The number of carbonyl (C=O) groups is 2. The lowest BCUT2D eigenvalue weighted by Crippen LogP contribution is -2.38. The van der Waals surface area contributed by atoms with Crippen molar-refractivity contribution in [2.45, 2.75) is 25.9 Å². The molecule has 2 rings (SSSR count). The standard InChI is InChI=1S/C12H19NO4/c1-8-6-13(7-9(8)12(15)16-2)11(14)10-4-3-5-17-10/h8-10H,3-7H2,1-2H3/t8?,9?,10-/m0/s1. The van der Waals surface area contributed by atoms with Crippen LogP contribution in [0.4, 0.5) is 0 Å². The third kappa shape index (κ3) is 2.44. The van der Waals surface area contributed by atoms with Gasteiger partial charge >= 0.3 is 5.97 Å². The van der Waals surface area contributed by atoms with Crippen molar-refractivity contribution in [1.82, 2.24) is 4.90 Å². The molecule has 0 bridgehead atoms. The van der Waals surface area contributed by atoms with Gasteiger partial charge in [0.2, 0.25) is 0 Å². The lowest BCUT2D eigenvalue weighted by molar-refractivity contribution is -0.146. The Morgan fingerprint density at radius 2 is 2.12 bits per heavy atom. The second-order valence-electron chi connectivity index (χ2n) is 4.85. The zero-order valence-electron chi connectivity index (χ0n) is 10.3. The summed E-state index contributed by atoms with van der Waals surface area (Å²) < 4.78 is 10.1. The molecule has 0 spiro atoms. The lowest BCUT2D eigenvalue weighted by atomic mass is 9.99. The Kier molecular flexibility index (Phi) is 3.66. The van der Waals surface area contributed by atoms with Gasteiger partial charge in [-0.25, -0.2) is 0 Å². The molecule has 2 saturated heterocycles. The molecule has 0 aromatic heterocycles. The van der Waals surface area contributed by atoms with Crippen LogP contribution in [0.2, 0.25) is 0 Å². The quantitative estimate of drug-likeness (QED) is 0.658. The Morgan fingerprint density at radius 3 is 2.71 bits per heavy atom. The van der Waals surface area contributed by atoms with Gasteiger partial charge < -0.3 is 14.4 Å². The largest absolute Gasteiger partial charge is 0.469 e. The number of nitrogens with zero attached hydrogens (tertiary/aromatic N) is 1. The Morgan fingerprint density at radius 1 is 1.35 bits per heavy atom. The predicted molar refractivity (Wildman–Crippen MR) is 60.2 cm³/mol. The van der Waals surface area contributed by atoms with Crippen molar-refractivity contribution in [3.05, 3.63) is 0 Å². The Hall–Kier alpha value is -1.10. The highest BCUT2D eigenvalue weighted by molar-refractivity contribution is 5.83. The van der Waals surface area contributed by atoms with E-state index in [-0.39, 0.29) is 29.8 Å². The molecule has 0 aromatic rings. The van der Waals surface area contributed by atoms with E-state index in [0.29, 0.717) is 19.7 Å². The van der Waals surface area contributed by atoms with Gasteiger partial charge in [-0.1, -0.05) is 6.92 Å². The highest BCUT2D eigenvalue weighted by atomic mass is 16.5. The van der Waals surface area contributed by atoms with Crippen LogP contribution in [0.15, 0.2) is 0 Å². The number of hydrogen-bond acceptors (Lipinski definition) is 4. The average molecular weight is 241 g/mol. The van der Waals surface area contributed by atoms with Gasteiger partial charge in [0.05, 0.1) is 13.0 Å². The number of likely N-dealkylation sites (tertiary alicyclic amines) is 1. The third-order valence-electron chi connectivity index (χ3n) is 3.63. The normalized spacial score (nSPS) is 32.8. The van der Waals surface area contributed by atoms with E-state index in [4.69, 9.17) is 9.47 Å². The first kappa shape index (κ1) is 12.4. The molecule has 5 heteroatoms. The number of esters is 1. The van der Waals surface area contributed by atoms with Crippen molar-refractivity contribution in [3.63, 3.8) is 0 Å². The van der Waals surface area contributed by atoms with Crippen molar-refractivity contribution in [2.75, 3.05) is 26.8 Å². The maximum absolute atomic E-state index is 12.1. The van der Waals surface area contributed by atoms with Crippen LogP contribution in [0.25, 0.3) is 0 Å². The van der Waals surface area contributed by atoms with E-state index in [2.05, 4.69) is 0 Å². The number of ether oxygens (including phenoxy) is 2. The van der Waals surface area contributed by atoms with Crippen molar-refractivity contribution in [2.24, 2.45) is 11.8 Å². The first-order chi connectivity index (χ1) is 8.13. The van der Waals surface area contributed by atoms with Crippen LogP contribution in [-0.4, -0.2) is 49.7 Å².